The van der Waals surface area contributed by atoms with Crippen LogP contribution in [0.4, 0.5) is 0 Å². The highest BCUT2D eigenvalue weighted by Gasteiger charge is 2.26. The molecule has 0 spiro atoms. The molecule has 1 amide bonds. The monoisotopic (exact) mass is 318 g/mol. The molecule has 2 aliphatic heterocycles. The lowest BCUT2D eigenvalue weighted by Crippen LogP contribution is -2.42. The third-order valence-electron chi connectivity index (χ3n) is 5.13. The van der Waals surface area contributed by atoms with E-state index in [1.807, 2.05) is 15.8 Å². The minimum Gasteiger partial charge on any atom is -0.338 e. The zero-order valence-electron chi connectivity index (χ0n) is 14.6. The van der Waals surface area contributed by atoms with E-state index in [0.29, 0.717) is 11.8 Å². The molecule has 0 radical (unpaired) electrons. The highest BCUT2D eigenvalue weighted by molar-refractivity contribution is 5.93. The van der Waals surface area contributed by atoms with Crippen LogP contribution in [0.3, 0.4) is 0 Å². The van der Waals surface area contributed by atoms with E-state index in [2.05, 4.69) is 23.8 Å². The molecule has 2 fully saturated rings. The Morgan fingerprint density at radius 1 is 1.13 bits per heavy atom. The van der Waals surface area contributed by atoms with Crippen molar-refractivity contribution in [3.63, 3.8) is 0 Å². The molecule has 2 aliphatic rings. The lowest BCUT2D eigenvalue weighted by molar-refractivity contribution is 0.0623. The fraction of sp³-hybridized carbons (Fsp3) is 0.778. The van der Waals surface area contributed by atoms with Crippen molar-refractivity contribution in [2.45, 2.75) is 46.1 Å². The SMILES string of the molecule is C[C@@H]1C[C@@H](C)CN(C(=O)c2cnn(CCN3CCCCC3)c2)C1. The number of amides is 1. The molecular weight excluding hydrogens is 288 g/mol. The molecule has 2 atom stereocenters. The molecule has 0 saturated carbocycles. The van der Waals surface area contributed by atoms with Gasteiger partial charge >= 0.3 is 0 Å². The molecular formula is C18H30N4O. The second kappa shape index (κ2) is 7.47. The Morgan fingerprint density at radius 3 is 2.52 bits per heavy atom. The maximum absolute atomic E-state index is 12.7. The van der Waals surface area contributed by atoms with Gasteiger partial charge < -0.3 is 9.80 Å². The van der Waals surface area contributed by atoms with Crippen LogP contribution >= 0.6 is 0 Å². The van der Waals surface area contributed by atoms with Crippen molar-refractivity contribution in [1.29, 1.82) is 0 Å². The van der Waals surface area contributed by atoms with Gasteiger partial charge in [0.15, 0.2) is 0 Å². The van der Waals surface area contributed by atoms with E-state index in [4.69, 9.17) is 0 Å². The molecule has 0 aliphatic carbocycles. The number of hydrogen-bond donors (Lipinski definition) is 0. The topological polar surface area (TPSA) is 41.4 Å². The van der Waals surface area contributed by atoms with Crippen molar-refractivity contribution in [2.75, 3.05) is 32.7 Å². The van der Waals surface area contributed by atoms with Crippen LogP contribution in [-0.2, 0) is 6.54 Å². The van der Waals surface area contributed by atoms with Crippen molar-refractivity contribution in [3.05, 3.63) is 18.0 Å². The Hall–Kier alpha value is -1.36. The van der Waals surface area contributed by atoms with Gasteiger partial charge in [-0.25, -0.2) is 0 Å². The molecule has 3 heterocycles. The Balaban J connectivity index is 1.54. The minimum absolute atomic E-state index is 0.146. The van der Waals surface area contributed by atoms with E-state index in [1.165, 1.54) is 38.8 Å². The van der Waals surface area contributed by atoms with Crippen LogP contribution in [0.5, 0.6) is 0 Å². The zero-order chi connectivity index (χ0) is 16.2. The third-order valence-corrected chi connectivity index (χ3v) is 5.13. The zero-order valence-corrected chi connectivity index (χ0v) is 14.6. The van der Waals surface area contributed by atoms with Crippen LogP contribution in [0.15, 0.2) is 12.4 Å². The predicted molar refractivity (Wildman–Crippen MR) is 91.4 cm³/mol. The number of aromatic nitrogens is 2. The summed E-state index contributed by atoms with van der Waals surface area (Å²) in [5, 5.41) is 4.40. The van der Waals surface area contributed by atoms with Crippen molar-refractivity contribution in [2.24, 2.45) is 11.8 Å². The van der Waals surface area contributed by atoms with Crippen LogP contribution < -0.4 is 0 Å². The van der Waals surface area contributed by atoms with Crippen molar-refractivity contribution < 1.29 is 4.79 Å². The first-order valence-corrected chi connectivity index (χ1v) is 9.16. The normalized spacial score (nSPS) is 26.4. The Bertz CT molecular complexity index is 511. The van der Waals surface area contributed by atoms with Crippen LogP contribution in [0.2, 0.25) is 0 Å². The molecule has 0 N–H and O–H groups in total. The maximum Gasteiger partial charge on any atom is 0.257 e. The molecule has 0 bridgehead atoms. The first-order valence-electron chi connectivity index (χ1n) is 9.16. The van der Waals surface area contributed by atoms with Crippen molar-refractivity contribution in [3.8, 4) is 0 Å². The first-order chi connectivity index (χ1) is 11.1. The molecule has 2 saturated heterocycles. The molecule has 23 heavy (non-hydrogen) atoms. The predicted octanol–water partition coefficient (Wildman–Crippen LogP) is 2.49. The van der Waals surface area contributed by atoms with Gasteiger partial charge in [-0.1, -0.05) is 20.3 Å². The first kappa shape index (κ1) is 16.5. The second-order valence-corrected chi connectivity index (χ2v) is 7.55. The van der Waals surface area contributed by atoms with E-state index in [0.717, 1.165) is 31.7 Å². The quantitative estimate of drug-likeness (QED) is 0.856. The summed E-state index contributed by atoms with van der Waals surface area (Å²) in [6.45, 7) is 10.5. The Labute approximate surface area is 139 Å². The Kier molecular flexibility index (Phi) is 5.36. The summed E-state index contributed by atoms with van der Waals surface area (Å²) < 4.78 is 1.93. The van der Waals surface area contributed by atoms with Crippen LogP contribution in [-0.4, -0.2) is 58.2 Å². The summed E-state index contributed by atoms with van der Waals surface area (Å²) in [5.74, 6) is 1.33. The van der Waals surface area contributed by atoms with Gasteiger partial charge in [0.05, 0.1) is 18.3 Å². The van der Waals surface area contributed by atoms with Gasteiger partial charge in [-0.05, 0) is 44.2 Å². The van der Waals surface area contributed by atoms with E-state index in [9.17, 15) is 4.79 Å². The summed E-state index contributed by atoms with van der Waals surface area (Å²) in [7, 11) is 0. The number of carbonyl (C=O) groups excluding carboxylic acids is 1. The average Bonchev–Trinajstić information content (AvgIpc) is 3.01. The number of likely N-dealkylation sites (tertiary alicyclic amines) is 2. The molecule has 5 heteroatoms. The lowest BCUT2D eigenvalue weighted by Gasteiger charge is -2.34. The highest BCUT2D eigenvalue weighted by Crippen LogP contribution is 2.22. The molecule has 0 unspecified atom stereocenters. The van der Waals surface area contributed by atoms with E-state index in [-0.39, 0.29) is 5.91 Å². The van der Waals surface area contributed by atoms with Gasteiger partial charge in [0.2, 0.25) is 0 Å². The minimum atomic E-state index is 0.146. The second-order valence-electron chi connectivity index (χ2n) is 7.55. The molecule has 5 nitrogen and oxygen atoms in total. The summed E-state index contributed by atoms with van der Waals surface area (Å²) in [6, 6.07) is 0. The summed E-state index contributed by atoms with van der Waals surface area (Å²) in [6.07, 6.45) is 8.88. The van der Waals surface area contributed by atoms with E-state index < -0.39 is 0 Å². The van der Waals surface area contributed by atoms with Crippen LogP contribution in [0.1, 0.15) is 49.9 Å². The molecule has 1 aromatic rings. The smallest absolute Gasteiger partial charge is 0.257 e. The standard InChI is InChI=1S/C18H30N4O/c1-15-10-16(2)13-21(12-15)18(23)17-11-19-22(14-17)9-8-20-6-4-3-5-7-20/h11,14-16H,3-10,12-13H2,1-2H3/t15-,16-/m1/s1. The number of carbonyl (C=O) groups is 1. The molecule has 1 aromatic heterocycles. The van der Waals surface area contributed by atoms with Crippen LogP contribution in [0, 0.1) is 11.8 Å². The van der Waals surface area contributed by atoms with Gasteiger partial charge in [-0.3, -0.25) is 9.48 Å². The fourth-order valence-electron chi connectivity index (χ4n) is 4.03. The fourth-order valence-corrected chi connectivity index (χ4v) is 4.03. The van der Waals surface area contributed by atoms with Gasteiger partial charge in [0.1, 0.15) is 0 Å². The number of rotatable bonds is 4. The van der Waals surface area contributed by atoms with Crippen molar-refractivity contribution >= 4 is 5.91 Å². The van der Waals surface area contributed by atoms with Gasteiger partial charge in [0.25, 0.3) is 5.91 Å². The van der Waals surface area contributed by atoms with E-state index >= 15 is 0 Å². The largest absolute Gasteiger partial charge is 0.338 e. The van der Waals surface area contributed by atoms with Crippen LogP contribution in [0.25, 0.3) is 0 Å². The summed E-state index contributed by atoms with van der Waals surface area (Å²) >= 11 is 0. The average molecular weight is 318 g/mol. The summed E-state index contributed by atoms with van der Waals surface area (Å²) in [4.78, 5) is 17.2. The van der Waals surface area contributed by atoms with Gasteiger partial charge in [-0.15, -0.1) is 0 Å². The Morgan fingerprint density at radius 2 is 1.83 bits per heavy atom. The van der Waals surface area contributed by atoms with Crippen molar-refractivity contribution in [1.82, 2.24) is 19.6 Å². The maximum atomic E-state index is 12.7. The highest BCUT2D eigenvalue weighted by atomic mass is 16.2. The molecule has 128 valence electrons. The van der Waals surface area contributed by atoms with Gasteiger partial charge in [-0.2, -0.15) is 5.10 Å². The third kappa shape index (κ3) is 4.34. The number of hydrogen-bond acceptors (Lipinski definition) is 3. The summed E-state index contributed by atoms with van der Waals surface area (Å²) in [5.41, 5.74) is 0.741. The number of nitrogens with zero attached hydrogens (tertiary/aromatic N) is 4. The molecule has 0 aromatic carbocycles. The number of piperidine rings is 2. The van der Waals surface area contributed by atoms with E-state index in [1.54, 1.807) is 6.20 Å². The lowest BCUT2D eigenvalue weighted by atomic mass is 9.91. The van der Waals surface area contributed by atoms with Gasteiger partial charge in [0, 0.05) is 25.8 Å². The molecule has 3 rings (SSSR count).